The van der Waals surface area contributed by atoms with E-state index in [4.69, 9.17) is 10.7 Å². The standard InChI is InChI=1S/C16H25N3/c1-11(10-17)8-12-6-7-14-13(9-12)18-15(19(14)5)16(2,3)4/h6-7,9,11H,8,10,17H2,1-5H3. The van der Waals surface area contributed by atoms with Crippen LogP contribution in [0.4, 0.5) is 0 Å². The molecule has 1 aromatic heterocycles. The van der Waals surface area contributed by atoms with E-state index in [1.807, 2.05) is 0 Å². The van der Waals surface area contributed by atoms with Crippen LogP contribution < -0.4 is 5.73 Å². The molecule has 2 aromatic rings. The fraction of sp³-hybridized carbons (Fsp3) is 0.562. The Morgan fingerprint density at radius 3 is 2.58 bits per heavy atom. The van der Waals surface area contributed by atoms with Gasteiger partial charge in [0.05, 0.1) is 11.0 Å². The number of benzene rings is 1. The van der Waals surface area contributed by atoms with Gasteiger partial charge in [-0.2, -0.15) is 0 Å². The molecular weight excluding hydrogens is 234 g/mol. The predicted octanol–water partition coefficient (Wildman–Crippen LogP) is 3.01. The van der Waals surface area contributed by atoms with Crippen molar-refractivity contribution in [3.05, 3.63) is 29.6 Å². The zero-order chi connectivity index (χ0) is 14.2. The van der Waals surface area contributed by atoms with Crippen molar-refractivity contribution in [1.29, 1.82) is 0 Å². The number of rotatable bonds is 3. The molecule has 104 valence electrons. The third kappa shape index (κ3) is 2.81. The second kappa shape index (κ2) is 4.97. The van der Waals surface area contributed by atoms with Crippen LogP contribution in [0.15, 0.2) is 18.2 Å². The minimum atomic E-state index is 0.0679. The zero-order valence-corrected chi connectivity index (χ0v) is 12.7. The number of nitrogens with zero attached hydrogens (tertiary/aromatic N) is 2. The summed E-state index contributed by atoms with van der Waals surface area (Å²) in [5, 5.41) is 0. The molecule has 0 spiro atoms. The number of hydrogen-bond acceptors (Lipinski definition) is 2. The Kier molecular flexibility index (Phi) is 3.68. The first kappa shape index (κ1) is 14.1. The fourth-order valence-electron chi connectivity index (χ4n) is 2.53. The Morgan fingerprint density at radius 1 is 1.32 bits per heavy atom. The summed E-state index contributed by atoms with van der Waals surface area (Å²) in [5.41, 5.74) is 9.38. The highest BCUT2D eigenvalue weighted by molar-refractivity contribution is 5.77. The number of hydrogen-bond donors (Lipinski definition) is 1. The molecule has 19 heavy (non-hydrogen) atoms. The molecule has 3 nitrogen and oxygen atoms in total. The zero-order valence-electron chi connectivity index (χ0n) is 12.7. The van der Waals surface area contributed by atoms with E-state index in [0.717, 1.165) is 24.3 Å². The Morgan fingerprint density at radius 2 is 2.00 bits per heavy atom. The molecule has 0 aliphatic rings. The quantitative estimate of drug-likeness (QED) is 0.921. The van der Waals surface area contributed by atoms with E-state index >= 15 is 0 Å². The summed E-state index contributed by atoms with van der Waals surface area (Å²) in [6, 6.07) is 6.58. The predicted molar refractivity (Wildman–Crippen MR) is 81.3 cm³/mol. The Bertz CT molecular complexity index is 575. The van der Waals surface area contributed by atoms with Gasteiger partial charge in [-0.25, -0.2) is 4.98 Å². The van der Waals surface area contributed by atoms with Crippen molar-refractivity contribution in [3.63, 3.8) is 0 Å². The monoisotopic (exact) mass is 259 g/mol. The maximum atomic E-state index is 5.70. The van der Waals surface area contributed by atoms with Crippen molar-refractivity contribution < 1.29 is 0 Å². The van der Waals surface area contributed by atoms with E-state index in [1.165, 1.54) is 11.1 Å². The molecule has 1 unspecified atom stereocenters. The van der Waals surface area contributed by atoms with Gasteiger partial charge in [0.25, 0.3) is 0 Å². The molecular formula is C16H25N3. The van der Waals surface area contributed by atoms with Crippen LogP contribution in [-0.4, -0.2) is 16.1 Å². The lowest BCUT2D eigenvalue weighted by molar-refractivity contribution is 0.526. The van der Waals surface area contributed by atoms with Gasteiger partial charge in [0.2, 0.25) is 0 Å². The van der Waals surface area contributed by atoms with E-state index in [9.17, 15) is 0 Å². The topological polar surface area (TPSA) is 43.8 Å². The van der Waals surface area contributed by atoms with Crippen LogP contribution in [-0.2, 0) is 18.9 Å². The first-order valence-electron chi connectivity index (χ1n) is 6.99. The van der Waals surface area contributed by atoms with Gasteiger partial charge in [-0.1, -0.05) is 33.8 Å². The Balaban J connectivity index is 2.44. The number of fused-ring (bicyclic) bond motifs is 1. The molecule has 0 radical (unpaired) electrons. The van der Waals surface area contributed by atoms with Crippen LogP contribution in [0.1, 0.15) is 39.1 Å². The summed E-state index contributed by atoms with van der Waals surface area (Å²) in [7, 11) is 2.10. The lowest BCUT2D eigenvalue weighted by Gasteiger charge is -2.17. The molecule has 0 saturated heterocycles. The molecule has 2 N–H and O–H groups in total. The summed E-state index contributed by atoms with van der Waals surface area (Å²) in [4.78, 5) is 4.81. The van der Waals surface area contributed by atoms with Crippen molar-refractivity contribution in [1.82, 2.24) is 9.55 Å². The number of aromatic nitrogens is 2. The fourth-order valence-corrected chi connectivity index (χ4v) is 2.53. The lowest BCUT2D eigenvalue weighted by Crippen LogP contribution is -2.17. The van der Waals surface area contributed by atoms with Crippen molar-refractivity contribution in [2.24, 2.45) is 18.7 Å². The second-order valence-corrected chi connectivity index (χ2v) is 6.61. The van der Waals surface area contributed by atoms with Crippen LogP contribution in [0.3, 0.4) is 0 Å². The Labute approximate surface area is 115 Å². The van der Waals surface area contributed by atoms with E-state index in [-0.39, 0.29) is 5.41 Å². The molecule has 0 fully saturated rings. The van der Waals surface area contributed by atoms with Gasteiger partial charge in [0, 0.05) is 12.5 Å². The summed E-state index contributed by atoms with van der Waals surface area (Å²) >= 11 is 0. The highest BCUT2D eigenvalue weighted by atomic mass is 15.1. The molecule has 1 aromatic carbocycles. The molecule has 0 aliphatic heterocycles. The third-order valence-corrected chi connectivity index (χ3v) is 3.60. The summed E-state index contributed by atoms with van der Waals surface area (Å²) in [6.45, 7) is 9.51. The summed E-state index contributed by atoms with van der Waals surface area (Å²) in [6.07, 6.45) is 1.02. The molecule has 1 atom stereocenters. The van der Waals surface area contributed by atoms with Crippen LogP contribution in [0.5, 0.6) is 0 Å². The lowest BCUT2D eigenvalue weighted by atomic mass is 9.96. The number of nitrogens with two attached hydrogens (primary N) is 1. The summed E-state index contributed by atoms with van der Waals surface area (Å²) in [5.74, 6) is 1.65. The van der Waals surface area contributed by atoms with Crippen LogP contribution in [0.25, 0.3) is 11.0 Å². The van der Waals surface area contributed by atoms with E-state index in [2.05, 4.69) is 57.5 Å². The van der Waals surface area contributed by atoms with Crippen molar-refractivity contribution in [3.8, 4) is 0 Å². The van der Waals surface area contributed by atoms with E-state index < -0.39 is 0 Å². The molecule has 0 aliphatic carbocycles. The maximum absolute atomic E-state index is 5.70. The third-order valence-electron chi connectivity index (χ3n) is 3.60. The van der Waals surface area contributed by atoms with E-state index in [1.54, 1.807) is 0 Å². The first-order valence-corrected chi connectivity index (χ1v) is 6.99. The van der Waals surface area contributed by atoms with Gasteiger partial charge < -0.3 is 10.3 Å². The molecule has 0 amide bonds. The number of aryl methyl sites for hydroxylation is 1. The van der Waals surface area contributed by atoms with Crippen LogP contribution >= 0.6 is 0 Å². The minimum Gasteiger partial charge on any atom is -0.331 e. The maximum Gasteiger partial charge on any atom is 0.115 e. The van der Waals surface area contributed by atoms with Gasteiger partial charge in [-0.15, -0.1) is 0 Å². The van der Waals surface area contributed by atoms with Gasteiger partial charge in [-0.3, -0.25) is 0 Å². The van der Waals surface area contributed by atoms with Crippen LogP contribution in [0, 0.1) is 5.92 Å². The smallest absolute Gasteiger partial charge is 0.115 e. The first-order chi connectivity index (χ1) is 8.82. The highest BCUT2D eigenvalue weighted by Crippen LogP contribution is 2.26. The normalized spacial score (nSPS) is 14.0. The van der Waals surface area contributed by atoms with Crippen molar-refractivity contribution in [2.45, 2.75) is 39.5 Å². The van der Waals surface area contributed by atoms with Crippen molar-refractivity contribution in [2.75, 3.05) is 6.54 Å². The SMILES string of the molecule is CC(CN)Cc1ccc2c(c1)nc(C(C)(C)C)n2C. The Hall–Kier alpha value is -1.35. The highest BCUT2D eigenvalue weighted by Gasteiger charge is 2.21. The molecule has 2 rings (SSSR count). The van der Waals surface area contributed by atoms with E-state index in [0.29, 0.717) is 5.92 Å². The van der Waals surface area contributed by atoms with Crippen molar-refractivity contribution >= 4 is 11.0 Å². The molecule has 1 heterocycles. The molecule has 3 heteroatoms. The van der Waals surface area contributed by atoms with Crippen LogP contribution in [0.2, 0.25) is 0 Å². The number of imidazole rings is 1. The second-order valence-electron chi connectivity index (χ2n) is 6.61. The summed E-state index contributed by atoms with van der Waals surface area (Å²) < 4.78 is 2.20. The van der Waals surface area contributed by atoms with Gasteiger partial charge >= 0.3 is 0 Å². The average Bonchev–Trinajstić information content (AvgIpc) is 2.66. The van der Waals surface area contributed by atoms with Gasteiger partial charge in [-0.05, 0) is 36.6 Å². The minimum absolute atomic E-state index is 0.0679. The van der Waals surface area contributed by atoms with Gasteiger partial charge in [0.1, 0.15) is 5.82 Å². The molecule has 0 saturated carbocycles. The van der Waals surface area contributed by atoms with Gasteiger partial charge in [0.15, 0.2) is 0 Å². The largest absolute Gasteiger partial charge is 0.331 e. The molecule has 0 bridgehead atoms. The average molecular weight is 259 g/mol.